The summed E-state index contributed by atoms with van der Waals surface area (Å²) < 4.78 is 56.9. The highest BCUT2D eigenvalue weighted by molar-refractivity contribution is 7.68. The van der Waals surface area contributed by atoms with E-state index in [1.165, 1.54) is 11.5 Å². The molecule has 1 fully saturated rings. The first-order chi connectivity index (χ1) is 15.8. The fraction of sp³-hybridized carbons (Fsp3) is 0.545. The van der Waals surface area contributed by atoms with Crippen molar-refractivity contribution in [3.63, 3.8) is 0 Å². The van der Waals surface area contributed by atoms with Gasteiger partial charge in [0.2, 0.25) is 0 Å². The Morgan fingerprint density at radius 3 is 2.46 bits per heavy atom. The summed E-state index contributed by atoms with van der Waals surface area (Å²) in [5.41, 5.74) is -0.581. The van der Waals surface area contributed by atoms with Crippen LogP contribution in [0.5, 0.6) is 0 Å². The number of phosphoric ester groups is 1. The molecule has 0 spiro atoms. The van der Waals surface area contributed by atoms with Crippen molar-refractivity contribution in [2.24, 2.45) is 0 Å². The lowest BCUT2D eigenvalue weighted by molar-refractivity contribution is -0.0442. The van der Waals surface area contributed by atoms with Gasteiger partial charge < -0.3 is 29.3 Å². The van der Waals surface area contributed by atoms with Gasteiger partial charge in [0.15, 0.2) is 11.2 Å². The second-order valence-corrected chi connectivity index (χ2v) is 12.5. The molecule has 1 aliphatic rings. The summed E-state index contributed by atoms with van der Waals surface area (Å²) >= 11 is 0. The van der Waals surface area contributed by atoms with Crippen LogP contribution in [0, 0.1) is 6.92 Å². The van der Waals surface area contributed by atoms with Gasteiger partial charge in [0.1, 0.15) is 30.9 Å². The molecule has 35 heavy (non-hydrogen) atoms. The maximum absolute atomic E-state index is 12.0. The normalized spacial score (nSPS) is 23.6. The highest BCUT2D eigenvalue weighted by atomic mass is 31.3. The lowest BCUT2D eigenvalue weighted by Crippen LogP contribution is -2.28. The van der Waals surface area contributed by atoms with E-state index in [1.54, 1.807) is 0 Å². The van der Waals surface area contributed by atoms with E-state index in [0.29, 0.717) is 0 Å². The van der Waals surface area contributed by atoms with Crippen LogP contribution in [0.25, 0.3) is 11.2 Å². The number of fused-ring (bicyclic) bond motifs is 1. The second kappa shape index (κ2) is 10.0. The Labute approximate surface area is 194 Å². The molecule has 0 aliphatic carbocycles. The van der Waals surface area contributed by atoms with E-state index in [4.69, 9.17) is 14.5 Å². The summed E-state index contributed by atoms with van der Waals surface area (Å²) in [6, 6.07) is 0. The monoisotopic (exact) mass is 587 g/mol. The Bertz CT molecular complexity index is 1280. The molecule has 2 aromatic heterocycles. The SMILES string of the molecule is Cc1nc2c(ncn2[C@H]2C[C@@H](OP(=O)(O)O)[C@@H](CO[P+](O)(O)OP(=O)(O)OP(=O)(O)O)O2)c(=O)[nH]1. The smallest absolute Gasteiger partial charge is 0.349 e. The van der Waals surface area contributed by atoms with Gasteiger partial charge in [-0.05, 0) is 11.2 Å². The molecule has 1 aliphatic heterocycles. The first-order valence-corrected chi connectivity index (χ1v) is 15.1. The minimum Gasteiger partial charge on any atom is -0.349 e. The minimum atomic E-state index is -5.72. The quantitative estimate of drug-likeness (QED) is 0.156. The summed E-state index contributed by atoms with van der Waals surface area (Å²) in [5.74, 6) is 0.225. The van der Waals surface area contributed by atoms with Crippen molar-refractivity contribution in [3.8, 4) is 0 Å². The van der Waals surface area contributed by atoms with Crippen LogP contribution in [-0.4, -0.2) is 72.6 Å². The molecule has 4 atom stereocenters. The fourth-order valence-electron chi connectivity index (χ4n) is 3.03. The van der Waals surface area contributed by atoms with Crippen molar-refractivity contribution >= 4 is 42.8 Å². The predicted molar refractivity (Wildman–Crippen MR) is 110 cm³/mol. The van der Waals surface area contributed by atoms with Gasteiger partial charge >= 0.3 is 31.6 Å². The van der Waals surface area contributed by atoms with Crippen LogP contribution in [0.15, 0.2) is 11.1 Å². The third kappa shape index (κ3) is 7.99. The summed E-state index contributed by atoms with van der Waals surface area (Å²) in [4.78, 5) is 86.7. The summed E-state index contributed by atoms with van der Waals surface area (Å²) in [7, 11) is -21.7. The third-order valence-corrected chi connectivity index (χ3v) is 8.52. The molecule has 1 saturated heterocycles. The molecule has 24 heteroatoms. The zero-order chi connectivity index (χ0) is 26.4. The van der Waals surface area contributed by atoms with Crippen molar-refractivity contribution in [2.75, 3.05) is 6.61 Å². The largest absolute Gasteiger partial charge is 0.580 e. The summed E-state index contributed by atoms with van der Waals surface area (Å²) in [5, 5.41) is 0. The van der Waals surface area contributed by atoms with E-state index in [1.807, 2.05) is 0 Å². The van der Waals surface area contributed by atoms with Crippen LogP contribution in [0.3, 0.4) is 0 Å². The van der Waals surface area contributed by atoms with Gasteiger partial charge in [-0.1, -0.05) is 0 Å². The van der Waals surface area contributed by atoms with E-state index in [-0.39, 0.29) is 23.4 Å². The first kappa shape index (κ1) is 28.6. The van der Waals surface area contributed by atoms with Gasteiger partial charge in [0.25, 0.3) is 5.56 Å². The number of ether oxygens (including phenoxy) is 1. The number of aromatic nitrogens is 4. The predicted octanol–water partition coefficient (Wildman–Crippen LogP) is -0.901. The number of H-pyrrole nitrogens is 1. The highest BCUT2D eigenvalue weighted by Gasteiger charge is 2.53. The molecule has 0 amide bonds. The molecule has 0 saturated carbocycles. The average molecular weight is 587 g/mol. The van der Waals surface area contributed by atoms with Crippen molar-refractivity contribution in [2.45, 2.75) is 31.8 Å². The van der Waals surface area contributed by atoms with Crippen LogP contribution in [0.2, 0.25) is 0 Å². The number of rotatable bonds is 10. The second-order valence-electron chi connectivity index (χ2n) is 6.88. The average Bonchev–Trinajstić information content (AvgIpc) is 3.19. The Morgan fingerprint density at radius 2 is 1.86 bits per heavy atom. The number of nitrogens with zero attached hydrogens (tertiary/aromatic N) is 3. The molecule has 3 heterocycles. The lowest BCUT2D eigenvalue weighted by atomic mass is 10.2. The molecule has 198 valence electrons. The molecule has 0 bridgehead atoms. The van der Waals surface area contributed by atoms with Crippen LogP contribution in [-0.2, 0) is 36.1 Å². The number of aromatic amines is 1. The molecule has 0 radical (unpaired) electrons. The van der Waals surface area contributed by atoms with Gasteiger partial charge in [-0.2, -0.15) is 18.6 Å². The number of nitrogens with one attached hydrogen (secondary N) is 1. The van der Waals surface area contributed by atoms with Crippen LogP contribution >= 0.6 is 31.6 Å². The van der Waals surface area contributed by atoms with E-state index >= 15 is 0 Å². The third-order valence-electron chi connectivity index (χ3n) is 4.14. The number of imidazole rings is 1. The van der Waals surface area contributed by atoms with Gasteiger partial charge in [-0.25, -0.2) is 23.7 Å². The number of aryl methyl sites for hydroxylation is 1. The zero-order valence-electron chi connectivity index (χ0n) is 17.2. The van der Waals surface area contributed by atoms with Crippen molar-refractivity contribution < 1.29 is 70.4 Å². The van der Waals surface area contributed by atoms with E-state index in [0.717, 1.165) is 6.33 Å². The van der Waals surface area contributed by atoms with E-state index in [9.17, 15) is 43.0 Å². The van der Waals surface area contributed by atoms with Gasteiger partial charge in [0.05, 0.1) is 6.33 Å². The molecule has 0 aromatic carbocycles. The van der Waals surface area contributed by atoms with E-state index < -0.39 is 62.2 Å². The van der Waals surface area contributed by atoms with Crippen molar-refractivity contribution in [1.82, 2.24) is 19.5 Å². The van der Waals surface area contributed by atoms with Gasteiger partial charge in [-0.15, -0.1) is 0 Å². The van der Waals surface area contributed by atoms with Crippen molar-refractivity contribution in [3.05, 3.63) is 22.5 Å². The summed E-state index contributed by atoms with van der Waals surface area (Å²) in [6.45, 7) is 0.517. The minimum absolute atomic E-state index is 0.0537. The zero-order valence-corrected chi connectivity index (χ0v) is 20.7. The maximum atomic E-state index is 12.0. The fourth-order valence-corrected chi connectivity index (χ4v) is 6.68. The molecule has 3 rings (SSSR count). The molecule has 2 aromatic rings. The van der Waals surface area contributed by atoms with Gasteiger partial charge in [-0.3, -0.25) is 18.8 Å². The van der Waals surface area contributed by atoms with Crippen LogP contribution in [0.1, 0.15) is 18.5 Å². The maximum Gasteiger partial charge on any atom is 0.580 e. The Hall–Kier alpha value is -1.01. The topological polar surface area (TPSA) is 303 Å². The Morgan fingerprint density at radius 1 is 1.20 bits per heavy atom. The summed E-state index contributed by atoms with van der Waals surface area (Å²) in [6.07, 6.45) is -3.17. The highest BCUT2D eigenvalue weighted by Crippen LogP contribution is 2.69. The molecule has 20 nitrogen and oxygen atoms in total. The molecule has 1 unspecified atom stereocenters. The molecule has 8 N–H and O–H groups in total. The standard InChI is InChI=1S/C11H18N4O16P4/c1-5-13-10-9(11(16)14-5)12-4-15(10)8-2-6(29-32(17,18)19)7(28-8)3-27-34(23,24)31-35(25,26)30-33(20,21)22/h4,6-8,23-24H,2-3H2,1H3,(H5-,13,14,16,17,18,19,20,21,22,25,26)/p+1/t6-,7-,8-/m1/s1. The lowest BCUT2D eigenvalue weighted by Gasteiger charge is -2.19. The number of hydrogen-bond donors (Lipinski definition) is 8. The molecular formula is C11H19N4O16P4+. The Kier molecular flexibility index (Phi) is 8.19. The van der Waals surface area contributed by atoms with E-state index in [2.05, 4.69) is 32.6 Å². The number of hydrogen-bond acceptors (Lipinski definition) is 13. The first-order valence-electron chi connectivity index (χ1n) is 8.97. The molecular weight excluding hydrogens is 568 g/mol. The van der Waals surface area contributed by atoms with Crippen LogP contribution < -0.4 is 5.56 Å². The number of phosphoric acid groups is 3. The Balaban J connectivity index is 1.79. The van der Waals surface area contributed by atoms with Gasteiger partial charge in [0, 0.05) is 6.42 Å². The van der Waals surface area contributed by atoms with Crippen molar-refractivity contribution in [1.29, 1.82) is 0 Å². The van der Waals surface area contributed by atoms with Crippen LogP contribution in [0.4, 0.5) is 0 Å².